The van der Waals surface area contributed by atoms with E-state index in [0.717, 1.165) is 19.1 Å². The highest BCUT2D eigenvalue weighted by Crippen LogP contribution is 2.48. The molecule has 0 radical (unpaired) electrons. The Morgan fingerprint density at radius 1 is 1.40 bits per heavy atom. The lowest BCUT2D eigenvalue weighted by molar-refractivity contribution is -0.183. The maximum absolute atomic E-state index is 5.52. The molecule has 0 aromatic heterocycles. The van der Waals surface area contributed by atoms with E-state index in [-0.39, 0.29) is 5.54 Å². The summed E-state index contributed by atoms with van der Waals surface area (Å²) in [4.78, 5) is 2.44. The van der Waals surface area contributed by atoms with Crippen LogP contribution >= 0.6 is 0 Å². The van der Waals surface area contributed by atoms with Crippen molar-refractivity contribution in [3.63, 3.8) is 0 Å². The van der Waals surface area contributed by atoms with Gasteiger partial charge >= 0.3 is 0 Å². The molecule has 1 N–H and O–H groups in total. The lowest BCUT2D eigenvalue weighted by atomic mass is 9.61. The maximum atomic E-state index is 5.52. The van der Waals surface area contributed by atoms with Crippen molar-refractivity contribution < 1.29 is 4.74 Å². The minimum absolute atomic E-state index is 0.182. The van der Waals surface area contributed by atoms with E-state index in [1.807, 2.05) is 0 Å². The van der Waals surface area contributed by atoms with Crippen molar-refractivity contribution >= 4 is 0 Å². The van der Waals surface area contributed by atoms with E-state index < -0.39 is 0 Å². The van der Waals surface area contributed by atoms with Gasteiger partial charge in [0.15, 0.2) is 0 Å². The van der Waals surface area contributed by atoms with E-state index in [1.54, 1.807) is 0 Å². The van der Waals surface area contributed by atoms with Crippen LogP contribution in [0.2, 0.25) is 0 Å². The summed E-state index contributed by atoms with van der Waals surface area (Å²) in [6, 6.07) is 0. The van der Waals surface area contributed by atoms with Crippen molar-refractivity contribution in [3.05, 3.63) is 0 Å². The first kappa shape index (κ1) is 11.4. The highest BCUT2D eigenvalue weighted by atomic mass is 16.5. The fourth-order valence-corrected chi connectivity index (χ4v) is 3.06. The third-order valence-electron chi connectivity index (χ3n) is 4.76. The molecular formula is C12H24N2O. The maximum Gasteiger partial charge on any atom is 0.0565 e. The van der Waals surface area contributed by atoms with Crippen LogP contribution in [0.4, 0.5) is 0 Å². The number of ether oxygens (including phenoxy) is 1. The minimum Gasteiger partial charge on any atom is -0.380 e. The summed E-state index contributed by atoms with van der Waals surface area (Å²) in [6.07, 6.45) is 1.32. The van der Waals surface area contributed by atoms with Crippen molar-refractivity contribution in [2.45, 2.75) is 25.8 Å². The first-order valence-corrected chi connectivity index (χ1v) is 5.97. The first-order valence-electron chi connectivity index (χ1n) is 5.97. The smallest absolute Gasteiger partial charge is 0.0565 e. The van der Waals surface area contributed by atoms with Gasteiger partial charge in [-0.25, -0.2) is 0 Å². The monoisotopic (exact) mass is 212 g/mol. The zero-order valence-corrected chi connectivity index (χ0v) is 10.5. The molecule has 88 valence electrons. The van der Waals surface area contributed by atoms with E-state index in [9.17, 15) is 0 Å². The summed E-state index contributed by atoms with van der Waals surface area (Å²) in [5.74, 6) is 0.790. The van der Waals surface area contributed by atoms with Gasteiger partial charge in [0.25, 0.3) is 0 Å². The summed E-state index contributed by atoms with van der Waals surface area (Å²) >= 11 is 0. The molecule has 3 heteroatoms. The van der Waals surface area contributed by atoms with E-state index in [1.165, 1.54) is 19.5 Å². The topological polar surface area (TPSA) is 24.5 Å². The van der Waals surface area contributed by atoms with Gasteiger partial charge in [-0.3, -0.25) is 0 Å². The molecule has 2 saturated heterocycles. The molecule has 2 fully saturated rings. The van der Waals surface area contributed by atoms with Gasteiger partial charge in [0.2, 0.25) is 0 Å². The molecule has 1 unspecified atom stereocenters. The van der Waals surface area contributed by atoms with Gasteiger partial charge < -0.3 is 15.0 Å². The molecule has 2 aliphatic rings. The van der Waals surface area contributed by atoms with E-state index in [4.69, 9.17) is 4.74 Å². The Kier molecular flexibility index (Phi) is 2.82. The molecule has 0 aromatic carbocycles. The predicted molar refractivity (Wildman–Crippen MR) is 62.0 cm³/mol. The molecule has 0 bridgehead atoms. The zero-order valence-electron chi connectivity index (χ0n) is 10.5. The standard InChI is InChI=1S/C12H24N2O/c1-11(2,13-3)12(8-15-9-12)10-5-6-14(4)7-10/h10,13H,5-9H2,1-4H3. The van der Waals surface area contributed by atoms with Crippen LogP contribution in [0.15, 0.2) is 0 Å². The average molecular weight is 212 g/mol. The van der Waals surface area contributed by atoms with Crippen LogP contribution in [0.25, 0.3) is 0 Å². The Morgan fingerprint density at radius 3 is 2.40 bits per heavy atom. The number of nitrogens with zero attached hydrogens (tertiary/aromatic N) is 1. The summed E-state index contributed by atoms with van der Waals surface area (Å²) in [7, 11) is 4.29. The van der Waals surface area contributed by atoms with Crippen LogP contribution in [0.3, 0.4) is 0 Å². The fraction of sp³-hybridized carbons (Fsp3) is 1.00. The fourth-order valence-electron chi connectivity index (χ4n) is 3.06. The molecule has 15 heavy (non-hydrogen) atoms. The highest BCUT2D eigenvalue weighted by Gasteiger charge is 2.56. The lowest BCUT2D eigenvalue weighted by Gasteiger charge is -2.56. The Balaban J connectivity index is 2.15. The van der Waals surface area contributed by atoms with E-state index in [0.29, 0.717) is 5.41 Å². The second-order valence-electron chi connectivity index (χ2n) is 5.77. The predicted octanol–water partition coefficient (Wildman–Crippen LogP) is 0.953. The Morgan fingerprint density at radius 2 is 2.07 bits per heavy atom. The van der Waals surface area contributed by atoms with Gasteiger partial charge in [-0.1, -0.05) is 0 Å². The summed E-state index contributed by atoms with van der Waals surface area (Å²) < 4.78 is 5.52. The molecule has 2 heterocycles. The molecule has 0 aliphatic carbocycles. The molecule has 3 nitrogen and oxygen atoms in total. The molecule has 1 atom stereocenters. The summed E-state index contributed by atoms with van der Waals surface area (Å²) in [5, 5.41) is 3.48. The average Bonchev–Trinajstić information content (AvgIpc) is 2.50. The normalized spacial score (nSPS) is 31.6. The highest BCUT2D eigenvalue weighted by molar-refractivity contribution is 5.07. The van der Waals surface area contributed by atoms with E-state index in [2.05, 4.69) is 38.2 Å². The number of hydrogen-bond acceptors (Lipinski definition) is 3. The molecular weight excluding hydrogens is 188 g/mol. The van der Waals surface area contributed by atoms with Gasteiger partial charge in [-0.15, -0.1) is 0 Å². The van der Waals surface area contributed by atoms with Crippen molar-refractivity contribution in [1.29, 1.82) is 0 Å². The number of hydrogen-bond donors (Lipinski definition) is 1. The molecule has 2 rings (SSSR count). The summed E-state index contributed by atoms with van der Waals surface area (Å²) in [5.41, 5.74) is 0.535. The van der Waals surface area contributed by atoms with E-state index >= 15 is 0 Å². The molecule has 0 amide bonds. The van der Waals surface area contributed by atoms with Crippen molar-refractivity contribution in [1.82, 2.24) is 10.2 Å². The second-order valence-corrected chi connectivity index (χ2v) is 5.77. The lowest BCUT2D eigenvalue weighted by Crippen LogP contribution is -2.66. The largest absolute Gasteiger partial charge is 0.380 e. The van der Waals surface area contributed by atoms with Crippen LogP contribution in [-0.4, -0.2) is 50.8 Å². The molecule has 0 saturated carbocycles. The third kappa shape index (κ3) is 1.61. The quantitative estimate of drug-likeness (QED) is 0.754. The third-order valence-corrected chi connectivity index (χ3v) is 4.76. The van der Waals surface area contributed by atoms with Gasteiger partial charge in [-0.2, -0.15) is 0 Å². The van der Waals surface area contributed by atoms with Gasteiger partial charge in [0.05, 0.1) is 13.2 Å². The Hall–Kier alpha value is -0.120. The Labute approximate surface area is 93.2 Å². The molecule has 0 spiro atoms. The van der Waals surface area contributed by atoms with Gasteiger partial charge in [0.1, 0.15) is 0 Å². The minimum atomic E-state index is 0.182. The zero-order chi connectivity index (χ0) is 11.1. The van der Waals surface area contributed by atoms with Crippen LogP contribution in [0.5, 0.6) is 0 Å². The van der Waals surface area contributed by atoms with Crippen molar-refractivity contribution in [2.24, 2.45) is 11.3 Å². The van der Waals surface area contributed by atoms with Crippen LogP contribution < -0.4 is 5.32 Å². The van der Waals surface area contributed by atoms with Crippen molar-refractivity contribution in [2.75, 3.05) is 40.4 Å². The number of nitrogens with one attached hydrogen (secondary N) is 1. The first-order chi connectivity index (χ1) is 7.02. The molecule has 0 aromatic rings. The van der Waals surface area contributed by atoms with Gasteiger partial charge in [-0.05, 0) is 46.8 Å². The van der Waals surface area contributed by atoms with Gasteiger partial charge in [0, 0.05) is 17.5 Å². The second kappa shape index (κ2) is 3.72. The SMILES string of the molecule is CNC(C)(C)C1(C2CCN(C)C2)COC1. The Bertz CT molecular complexity index is 236. The number of rotatable bonds is 3. The summed E-state index contributed by atoms with van der Waals surface area (Å²) in [6.45, 7) is 8.96. The number of likely N-dealkylation sites (tertiary alicyclic amines) is 1. The van der Waals surface area contributed by atoms with Crippen LogP contribution in [0, 0.1) is 11.3 Å². The van der Waals surface area contributed by atoms with Crippen LogP contribution in [0.1, 0.15) is 20.3 Å². The van der Waals surface area contributed by atoms with Crippen molar-refractivity contribution in [3.8, 4) is 0 Å². The van der Waals surface area contributed by atoms with Crippen LogP contribution in [-0.2, 0) is 4.74 Å². The molecule has 2 aliphatic heterocycles.